The molecule has 3 aromatic heterocycles. The summed E-state index contributed by atoms with van der Waals surface area (Å²) in [7, 11) is -3.59. The molecule has 7 nitrogen and oxygen atoms in total. The molecular weight excluding hydrogens is 372 g/mol. The van der Waals surface area contributed by atoms with Gasteiger partial charge in [0.15, 0.2) is 5.76 Å². The molecule has 0 N–H and O–H groups in total. The van der Waals surface area contributed by atoms with Crippen LogP contribution >= 0.6 is 11.3 Å². The van der Waals surface area contributed by atoms with Gasteiger partial charge in [0, 0.05) is 48.4 Å². The number of thiophene rings is 1. The highest BCUT2D eigenvalue weighted by Crippen LogP contribution is 2.31. The van der Waals surface area contributed by atoms with Gasteiger partial charge in [-0.2, -0.15) is 9.40 Å². The summed E-state index contributed by atoms with van der Waals surface area (Å²) in [5.74, 6) is 0.573. The van der Waals surface area contributed by atoms with E-state index in [-0.39, 0.29) is 0 Å². The summed E-state index contributed by atoms with van der Waals surface area (Å²) in [5, 5.41) is 10.0. The maximum atomic E-state index is 13.1. The molecule has 26 heavy (non-hydrogen) atoms. The molecule has 0 amide bonds. The van der Waals surface area contributed by atoms with E-state index in [0.29, 0.717) is 23.1 Å². The third kappa shape index (κ3) is 3.60. The van der Waals surface area contributed by atoms with Gasteiger partial charge in [0.2, 0.25) is 0 Å². The first-order valence-electron chi connectivity index (χ1n) is 8.40. The zero-order valence-electron chi connectivity index (χ0n) is 15.3. The van der Waals surface area contributed by atoms with Crippen molar-refractivity contribution in [3.8, 4) is 11.3 Å². The molecular formula is C17H22N4O3S2. The lowest BCUT2D eigenvalue weighted by molar-refractivity contribution is 0.423. The lowest BCUT2D eigenvalue weighted by Gasteiger charge is -2.19. The normalized spacial score (nSPS) is 12.2. The van der Waals surface area contributed by atoms with Gasteiger partial charge in [0.1, 0.15) is 4.21 Å². The summed E-state index contributed by atoms with van der Waals surface area (Å²) in [5.41, 5.74) is 3.25. The first-order chi connectivity index (χ1) is 12.3. The van der Waals surface area contributed by atoms with Crippen LogP contribution in [0.2, 0.25) is 0 Å². The molecule has 0 fully saturated rings. The first-order valence-corrected chi connectivity index (χ1v) is 10.7. The highest BCUT2D eigenvalue weighted by molar-refractivity contribution is 7.91. The Labute approximate surface area is 157 Å². The van der Waals surface area contributed by atoms with Crippen molar-refractivity contribution in [1.82, 2.24) is 19.2 Å². The van der Waals surface area contributed by atoms with Gasteiger partial charge in [-0.3, -0.25) is 4.68 Å². The quantitative estimate of drug-likeness (QED) is 0.613. The van der Waals surface area contributed by atoms with Crippen LogP contribution in [-0.2, 0) is 23.1 Å². The smallest absolute Gasteiger partial charge is 0.252 e. The fourth-order valence-corrected chi connectivity index (χ4v) is 5.39. The molecule has 0 saturated carbocycles. The Bertz CT molecular complexity index is 1000. The van der Waals surface area contributed by atoms with Gasteiger partial charge in [-0.25, -0.2) is 8.42 Å². The molecule has 140 valence electrons. The van der Waals surface area contributed by atoms with Gasteiger partial charge in [-0.05, 0) is 26.8 Å². The van der Waals surface area contributed by atoms with Crippen molar-refractivity contribution in [3.05, 3.63) is 40.7 Å². The second kappa shape index (κ2) is 7.34. The standard InChI is InChI=1S/C17H22N4O3S2/c1-5-20-9-15(13(4)18-20)10-21(6-2)26(22,23)17-8-14(11-25-17)16-7-12(3)19-24-16/h7-9,11H,5-6,10H2,1-4H3. The highest BCUT2D eigenvalue weighted by atomic mass is 32.2. The Balaban J connectivity index is 1.87. The molecule has 3 rings (SSSR count). The van der Waals surface area contributed by atoms with Crippen molar-refractivity contribution >= 4 is 21.4 Å². The monoisotopic (exact) mass is 394 g/mol. The van der Waals surface area contributed by atoms with E-state index in [1.54, 1.807) is 17.5 Å². The van der Waals surface area contributed by atoms with E-state index in [2.05, 4.69) is 10.3 Å². The third-order valence-electron chi connectivity index (χ3n) is 4.15. The predicted molar refractivity (Wildman–Crippen MR) is 100 cm³/mol. The summed E-state index contributed by atoms with van der Waals surface area (Å²) in [6.07, 6.45) is 1.91. The van der Waals surface area contributed by atoms with Crippen molar-refractivity contribution in [3.63, 3.8) is 0 Å². The van der Waals surface area contributed by atoms with Crippen molar-refractivity contribution in [2.45, 2.75) is 45.0 Å². The van der Waals surface area contributed by atoms with Crippen LogP contribution in [0.3, 0.4) is 0 Å². The fourth-order valence-electron chi connectivity index (χ4n) is 2.64. The summed E-state index contributed by atoms with van der Waals surface area (Å²) in [4.78, 5) is 0. The number of nitrogens with zero attached hydrogens (tertiary/aromatic N) is 4. The Morgan fingerprint density at radius 3 is 2.62 bits per heavy atom. The average Bonchev–Trinajstić information content (AvgIpc) is 3.32. The highest BCUT2D eigenvalue weighted by Gasteiger charge is 2.26. The van der Waals surface area contributed by atoms with Gasteiger partial charge in [0.05, 0.1) is 11.4 Å². The minimum Gasteiger partial charge on any atom is -0.356 e. The van der Waals surface area contributed by atoms with Crippen LogP contribution in [0.4, 0.5) is 0 Å². The molecule has 3 heterocycles. The number of sulfonamides is 1. The number of aromatic nitrogens is 3. The predicted octanol–water partition coefficient (Wildman–Crippen LogP) is 3.45. The van der Waals surface area contributed by atoms with Gasteiger partial charge < -0.3 is 4.52 Å². The number of aryl methyl sites for hydroxylation is 3. The molecule has 3 aromatic rings. The lowest BCUT2D eigenvalue weighted by atomic mass is 10.2. The van der Waals surface area contributed by atoms with Crippen LogP contribution < -0.4 is 0 Å². The Morgan fingerprint density at radius 1 is 1.27 bits per heavy atom. The lowest BCUT2D eigenvalue weighted by Crippen LogP contribution is -2.30. The zero-order valence-corrected chi connectivity index (χ0v) is 16.9. The average molecular weight is 395 g/mol. The summed E-state index contributed by atoms with van der Waals surface area (Å²) >= 11 is 1.19. The zero-order chi connectivity index (χ0) is 18.9. The molecule has 0 saturated heterocycles. The van der Waals surface area contributed by atoms with Gasteiger partial charge in [-0.1, -0.05) is 12.1 Å². The topological polar surface area (TPSA) is 81.2 Å². The van der Waals surface area contributed by atoms with Crippen LogP contribution in [0.25, 0.3) is 11.3 Å². The minimum absolute atomic E-state index is 0.295. The van der Waals surface area contributed by atoms with E-state index in [4.69, 9.17) is 4.52 Å². The van der Waals surface area contributed by atoms with Crippen LogP contribution in [-0.4, -0.2) is 34.2 Å². The van der Waals surface area contributed by atoms with E-state index in [0.717, 1.165) is 29.1 Å². The molecule has 0 unspecified atom stereocenters. The van der Waals surface area contributed by atoms with Crippen molar-refractivity contribution in [1.29, 1.82) is 0 Å². The number of rotatable bonds is 7. The van der Waals surface area contributed by atoms with Gasteiger partial charge in [0.25, 0.3) is 10.0 Å². The van der Waals surface area contributed by atoms with Gasteiger partial charge >= 0.3 is 0 Å². The largest absolute Gasteiger partial charge is 0.356 e. The van der Waals surface area contributed by atoms with E-state index in [1.165, 1.54) is 15.6 Å². The Morgan fingerprint density at radius 2 is 2.04 bits per heavy atom. The molecule has 0 aliphatic carbocycles. The number of hydrogen-bond acceptors (Lipinski definition) is 6. The molecule has 0 spiro atoms. The number of hydrogen-bond donors (Lipinski definition) is 0. The maximum absolute atomic E-state index is 13.1. The van der Waals surface area contributed by atoms with E-state index in [1.807, 2.05) is 38.6 Å². The maximum Gasteiger partial charge on any atom is 0.252 e. The second-order valence-corrected chi connectivity index (χ2v) is 9.09. The summed E-state index contributed by atoms with van der Waals surface area (Å²) < 4.78 is 34.9. The van der Waals surface area contributed by atoms with Crippen molar-refractivity contribution in [2.75, 3.05) is 6.54 Å². The first kappa shape index (κ1) is 18.8. The molecule has 0 atom stereocenters. The van der Waals surface area contributed by atoms with Crippen LogP contribution in [0.15, 0.2) is 32.4 Å². The van der Waals surface area contributed by atoms with E-state index < -0.39 is 10.0 Å². The third-order valence-corrected chi connectivity index (χ3v) is 7.49. The minimum atomic E-state index is -3.59. The molecule has 0 bridgehead atoms. The Hall–Kier alpha value is -1.97. The molecule has 9 heteroatoms. The van der Waals surface area contributed by atoms with E-state index in [9.17, 15) is 8.42 Å². The van der Waals surface area contributed by atoms with Crippen LogP contribution in [0, 0.1) is 13.8 Å². The second-order valence-electron chi connectivity index (χ2n) is 6.01. The summed E-state index contributed by atoms with van der Waals surface area (Å²) in [6.45, 7) is 9.01. The molecule has 0 aromatic carbocycles. The van der Waals surface area contributed by atoms with Gasteiger partial charge in [-0.15, -0.1) is 11.3 Å². The fraction of sp³-hybridized carbons (Fsp3) is 0.412. The molecule has 0 radical (unpaired) electrons. The SMILES string of the molecule is CCN(Cc1cn(CC)nc1C)S(=O)(=O)c1cc(-c2cc(C)no2)cs1. The van der Waals surface area contributed by atoms with Crippen molar-refractivity contribution in [2.24, 2.45) is 0 Å². The van der Waals surface area contributed by atoms with E-state index >= 15 is 0 Å². The van der Waals surface area contributed by atoms with Crippen molar-refractivity contribution < 1.29 is 12.9 Å². The molecule has 0 aliphatic heterocycles. The van der Waals surface area contributed by atoms with Crippen LogP contribution in [0.1, 0.15) is 30.8 Å². The summed E-state index contributed by atoms with van der Waals surface area (Å²) in [6, 6.07) is 3.43. The Kier molecular flexibility index (Phi) is 5.31. The molecule has 0 aliphatic rings. The van der Waals surface area contributed by atoms with Crippen LogP contribution in [0.5, 0.6) is 0 Å².